The average Bonchev–Trinajstić information content (AvgIpc) is 3.03. The second-order valence-corrected chi connectivity index (χ2v) is 7.95. The molecular weight excluding hydrogens is 374 g/mol. The van der Waals surface area contributed by atoms with Gasteiger partial charge < -0.3 is 15.0 Å². The van der Waals surface area contributed by atoms with Crippen LogP contribution in [0.3, 0.4) is 0 Å². The van der Waals surface area contributed by atoms with Crippen molar-refractivity contribution in [2.75, 3.05) is 0 Å². The van der Waals surface area contributed by atoms with E-state index in [9.17, 15) is 19.2 Å². The van der Waals surface area contributed by atoms with Gasteiger partial charge in [-0.3, -0.25) is 19.7 Å². The minimum absolute atomic E-state index is 0.0809. The predicted molar refractivity (Wildman–Crippen MR) is 103 cm³/mol. The maximum atomic E-state index is 12.8. The fourth-order valence-corrected chi connectivity index (χ4v) is 4.30. The van der Waals surface area contributed by atoms with Gasteiger partial charge in [-0.25, -0.2) is 4.79 Å². The Hall–Kier alpha value is -2.90. The van der Waals surface area contributed by atoms with Crippen LogP contribution < -0.4 is 10.6 Å². The van der Waals surface area contributed by atoms with E-state index in [1.807, 2.05) is 12.1 Å². The van der Waals surface area contributed by atoms with Crippen LogP contribution in [-0.4, -0.2) is 40.8 Å². The number of carbonyl (C=O) groups excluding carboxylic acids is 4. The number of benzene rings is 1. The molecule has 0 spiro atoms. The summed E-state index contributed by atoms with van der Waals surface area (Å²) < 4.78 is 5.32. The second-order valence-electron chi connectivity index (χ2n) is 7.95. The molecule has 1 atom stereocenters. The molecule has 2 aliphatic heterocycles. The van der Waals surface area contributed by atoms with Crippen molar-refractivity contribution >= 4 is 23.8 Å². The minimum atomic E-state index is -0.631. The van der Waals surface area contributed by atoms with Gasteiger partial charge in [0.15, 0.2) is 0 Å². The van der Waals surface area contributed by atoms with Gasteiger partial charge in [0.05, 0.1) is 0 Å². The molecule has 0 radical (unpaired) electrons. The summed E-state index contributed by atoms with van der Waals surface area (Å²) in [7, 11) is 0. The van der Waals surface area contributed by atoms with Crippen LogP contribution in [0.5, 0.6) is 0 Å². The number of carbonyl (C=O) groups is 4. The molecule has 29 heavy (non-hydrogen) atoms. The van der Waals surface area contributed by atoms with Crippen molar-refractivity contribution in [1.82, 2.24) is 15.5 Å². The third-order valence-electron chi connectivity index (χ3n) is 5.89. The fraction of sp³-hybridized carbons (Fsp3) is 0.524. The molecule has 8 heteroatoms. The van der Waals surface area contributed by atoms with E-state index in [2.05, 4.69) is 10.6 Å². The third kappa shape index (κ3) is 4.26. The highest BCUT2D eigenvalue weighted by Crippen LogP contribution is 2.28. The van der Waals surface area contributed by atoms with Gasteiger partial charge >= 0.3 is 6.09 Å². The van der Waals surface area contributed by atoms with Gasteiger partial charge in [-0.1, -0.05) is 31.4 Å². The van der Waals surface area contributed by atoms with E-state index in [1.165, 1.54) is 11.3 Å². The summed E-state index contributed by atoms with van der Waals surface area (Å²) in [6.07, 6.45) is 5.56. The molecule has 0 bridgehead atoms. The normalized spacial score (nSPS) is 22.3. The van der Waals surface area contributed by atoms with Gasteiger partial charge in [-0.15, -0.1) is 0 Å². The summed E-state index contributed by atoms with van der Waals surface area (Å²) in [5.74, 6) is -0.963. The number of amides is 4. The summed E-state index contributed by atoms with van der Waals surface area (Å²) >= 11 is 0. The van der Waals surface area contributed by atoms with Crippen LogP contribution in [0.1, 0.15) is 66.4 Å². The number of imide groups is 1. The first-order chi connectivity index (χ1) is 14.0. The molecule has 4 rings (SSSR count). The molecule has 2 heterocycles. The Morgan fingerprint density at radius 3 is 2.69 bits per heavy atom. The van der Waals surface area contributed by atoms with Crippen LogP contribution in [0.15, 0.2) is 18.2 Å². The van der Waals surface area contributed by atoms with Gasteiger partial charge in [0, 0.05) is 24.6 Å². The number of piperidine rings is 1. The zero-order chi connectivity index (χ0) is 20.4. The number of hydrogen-bond donors (Lipinski definition) is 2. The third-order valence-corrected chi connectivity index (χ3v) is 5.89. The topological polar surface area (TPSA) is 105 Å². The van der Waals surface area contributed by atoms with E-state index in [1.54, 1.807) is 6.07 Å². The summed E-state index contributed by atoms with van der Waals surface area (Å²) in [4.78, 5) is 49.8. The van der Waals surface area contributed by atoms with Crippen molar-refractivity contribution in [2.24, 2.45) is 0 Å². The van der Waals surface area contributed by atoms with Gasteiger partial charge in [0.1, 0.15) is 12.6 Å². The molecule has 4 amide bonds. The van der Waals surface area contributed by atoms with Crippen molar-refractivity contribution in [3.05, 3.63) is 34.9 Å². The highest BCUT2D eigenvalue weighted by atomic mass is 16.5. The minimum Gasteiger partial charge on any atom is -0.445 e. The molecule has 2 N–H and O–H groups in total. The first kappa shape index (κ1) is 19.4. The van der Waals surface area contributed by atoms with Crippen molar-refractivity contribution in [3.8, 4) is 0 Å². The molecule has 1 aromatic rings. The zero-order valence-corrected chi connectivity index (χ0v) is 16.2. The van der Waals surface area contributed by atoms with Crippen LogP contribution in [0, 0.1) is 0 Å². The maximum absolute atomic E-state index is 12.8. The van der Waals surface area contributed by atoms with E-state index in [0.717, 1.165) is 36.8 Å². The Morgan fingerprint density at radius 2 is 1.93 bits per heavy atom. The number of rotatable bonds is 4. The Balaban J connectivity index is 1.36. The molecule has 1 aromatic carbocycles. The van der Waals surface area contributed by atoms with Crippen LogP contribution in [0.25, 0.3) is 0 Å². The lowest BCUT2D eigenvalue weighted by molar-refractivity contribution is -0.136. The molecule has 1 unspecified atom stereocenters. The van der Waals surface area contributed by atoms with E-state index in [-0.39, 0.29) is 30.9 Å². The molecule has 154 valence electrons. The van der Waals surface area contributed by atoms with E-state index in [0.29, 0.717) is 18.5 Å². The predicted octanol–water partition coefficient (Wildman–Crippen LogP) is 2.01. The van der Waals surface area contributed by atoms with Crippen molar-refractivity contribution in [1.29, 1.82) is 0 Å². The van der Waals surface area contributed by atoms with Crippen molar-refractivity contribution in [3.63, 3.8) is 0 Å². The Morgan fingerprint density at radius 1 is 1.14 bits per heavy atom. The maximum Gasteiger partial charge on any atom is 0.407 e. The van der Waals surface area contributed by atoms with Crippen molar-refractivity contribution in [2.45, 2.75) is 70.2 Å². The zero-order valence-electron chi connectivity index (χ0n) is 16.2. The molecule has 8 nitrogen and oxygen atoms in total. The van der Waals surface area contributed by atoms with E-state index >= 15 is 0 Å². The van der Waals surface area contributed by atoms with Crippen molar-refractivity contribution < 1.29 is 23.9 Å². The lowest BCUT2D eigenvalue weighted by atomic mass is 9.96. The number of fused-ring (bicyclic) bond motifs is 1. The summed E-state index contributed by atoms with van der Waals surface area (Å²) in [6.45, 7) is 0.418. The van der Waals surface area contributed by atoms with Gasteiger partial charge in [0.25, 0.3) is 5.91 Å². The standard InChI is InChI=1S/C21H25N3O5/c25-18-9-8-17(19(26)23-18)24-11-14-7-6-13(10-16(14)20(24)27)12-29-21(28)22-15-4-2-1-3-5-15/h6-7,10,15,17H,1-5,8-9,11-12H2,(H,22,28)(H,23,25,26). The monoisotopic (exact) mass is 399 g/mol. The molecule has 3 aliphatic rings. The number of nitrogens with one attached hydrogen (secondary N) is 2. The highest BCUT2D eigenvalue weighted by molar-refractivity contribution is 6.05. The molecule has 1 saturated heterocycles. The molecule has 0 aromatic heterocycles. The Kier molecular flexibility index (Phi) is 5.51. The quantitative estimate of drug-likeness (QED) is 0.754. The molecule has 2 fully saturated rings. The van der Waals surface area contributed by atoms with E-state index in [4.69, 9.17) is 4.74 Å². The van der Waals surface area contributed by atoms with Gasteiger partial charge in [0.2, 0.25) is 11.8 Å². The van der Waals surface area contributed by atoms with Crippen LogP contribution in [0.2, 0.25) is 0 Å². The lowest BCUT2D eigenvalue weighted by Crippen LogP contribution is -2.52. The van der Waals surface area contributed by atoms with Crippen LogP contribution in [-0.2, 0) is 27.5 Å². The summed E-state index contributed by atoms with van der Waals surface area (Å²) in [5, 5.41) is 5.20. The Bertz CT molecular complexity index is 847. The number of alkyl carbamates (subject to hydrolysis) is 1. The second kappa shape index (κ2) is 8.23. The molecular formula is C21H25N3O5. The number of hydrogen-bond acceptors (Lipinski definition) is 5. The fourth-order valence-electron chi connectivity index (χ4n) is 4.30. The van der Waals surface area contributed by atoms with Crippen LogP contribution in [0.4, 0.5) is 4.79 Å². The largest absolute Gasteiger partial charge is 0.445 e. The first-order valence-electron chi connectivity index (χ1n) is 10.2. The summed E-state index contributed by atoms with van der Waals surface area (Å²) in [6, 6.07) is 4.93. The number of ether oxygens (including phenoxy) is 1. The van der Waals surface area contributed by atoms with Gasteiger partial charge in [-0.2, -0.15) is 0 Å². The summed E-state index contributed by atoms with van der Waals surface area (Å²) in [5.41, 5.74) is 2.07. The Labute approximate surface area is 169 Å². The van der Waals surface area contributed by atoms with Gasteiger partial charge in [-0.05, 0) is 36.5 Å². The molecule has 1 saturated carbocycles. The smallest absolute Gasteiger partial charge is 0.407 e. The van der Waals surface area contributed by atoms with E-state index < -0.39 is 18.0 Å². The SMILES string of the molecule is O=C1CCC(N2Cc3ccc(COC(=O)NC4CCCCC4)cc3C2=O)C(=O)N1. The highest BCUT2D eigenvalue weighted by Gasteiger charge is 2.39. The first-order valence-corrected chi connectivity index (χ1v) is 10.2. The average molecular weight is 399 g/mol. The molecule has 1 aliphatic carbocycles. The lowest BCUT2D eigenvalue weighted by Gasteiger charge is -2.29. The number of nitrogens with zero attached hydrogens (tertiary/aromatic N) is 1. The van der Waals surface area contributed by atoms with Crippen LogP contribution >= 0.6 is 0 Å².